The molecule has 0 aromatic heterocycles. The molecule has 1 nitrogen and oxygen atoms in total. The number of nitrogens with zero attached hydrogens (tertiary/aromatic N) is 1. The summed E-state index contributed by atoms with van der Waals surface area (Å²) in [5, 5.41) is 0. The van der Waals surface area contributed by atoms with Crippen LogP contribution < -0.4 is 0 Å². The van der Waals surface area contributed by atoms with Crippen molar-refractivity contribution in [2.45, 2.75) is 19.9 Å². The summed E-state index contributed by atoms with van der Waals surface area (Å²) in [4.78, 5) is 2.33. The minimum absolute atomic E-state index is 0.662. The van der Waals surface area contributed by atoms with E-state index in [1.54, 1.807) is 0 Å². The van der Waals surface area contributed by atoms with Gasteiger partial charge in [-0.1, -0.05) is 11.6 Å². The van der Waals surface area contributed by atoms with Gasteiger partial charge in [0.15, 0.2) is 0 Å². The van der Waals surface area contributed by atoms with Gasteiger partial charge in [-0.25, -0.2) is 0 Å². The molecule has 1 unspecified atom stereocenters. The van der Waals surface area contributed by atoms with E-state index in [4.69, 9.17) is 0 Å². The minimum Gasteiger partial charge on any atom is -0.296 e. The van der Waals surface area contributed by atoms with Crippen LogP contribution in [0.2, 0.25) is 0 Å². The smallest absolute Gasteiger partial charge is 0.0253 e. The Labute approximate surface area is 51.0 Å². The molecule has 0 aromatic carbocycles. The van der Waals surface area contributed by atoms with Gasteiger partial charge in [-0.2, -0.15) is 0 Å². The third-order valence-corrected chi connectivity index (χ3v) is 1.72. The molecule has 1 rings (SSSR count). The molecule has 1 heteroatoms. The van der Waals surface area contributed by atoms with Gasteiger partial charge in [-0.15, -0.1) is 0 Å². The van der Waals surface area contributed by atoms with Crippen LogP contribution in [0.1, 0.15) is 13.8 Å². The first-order valence-corrected chi connectivity index (χ1v) is 3.07. The molecule has 1 aliphatic heterocycles. The van der Waals surface area contributed by atoms with Crippen LogP contribution in [0.3, 0.4) is 0 Å². The van der Waals surface area contributed by atoms with Crippen molar-refractivity contribution in [3.8, 4) is 0 Å². The number of likely N-dealkylation sites (N-methyl/N-ethyl adjacent to an activating group) is 1. The van der Waals surface area contributed by atoms with Crippen LogP contribution >= 0.6 is 0 Å². The zero-order valence-corrected chi connectivity index (χ0v) is 5.81. The lowest BCUT2D eigenvalue weighted by Crippen LogP contribution is -2.22. The van der Waals surface area contributed by atoms with Crippen LogP contribution in [0.25, 0.3) is 0 Å². The fourth-order valence-corrected chi connectivity index (χ4v) is 1.13. The Balaban J connectivity index is 2.56. The normalized spacial score (nSPS) is 30.9. The number of hydrogen-bond acceptors (Lipinski definition) is 1. The molecule has 1 heterocycles. The van der Waals surface area contributed by atoms with Crippen molar-refractivity contribution in [2.75, 3.05) is 13.6 Å². The second-order valence-electron chi connectivity index (χ2n) is 2.67. The van der Waals surface area contributed by atoms with E-state index in [-0.39, 0.29) is 0 Å². The molecule has 0 saturated heterocycles. The molecule has 1 atom stereocenters. The zero-order chi connectivity index (χ0) is 6.15. The van der Waals surface area contributed by atoms with Gasteiger partial charge < -0.3 is 0 Å². The molecule has 46 valence electrons. The molecule has 0 N–H and O–H groups in total. The lowest BCUT2D eigenvalue weighted by atomic mass is 10.3. The van der Waals surface area contributed by atoms with E-state index in [9.17, 15) is 0 Å². The first-order valence-electron chi connectivity index (χ1n) is 3.07. The molecular weight excluding hydrogens is 98.1 g/mol. The third kappa shape index (κ3) is 0.920. The summed E-state index contributed by atoms with van der Waals surface area (Å²) in [6.45, 7) is 5.55. The summed E-state index contributed by atoms with van der Waals surface area (Å²) in [7, 11) is 2.15. The first-order chi connectivity index (χ1) is 3.70. The monoisotopic (exact) mass is 111 g/mol. The van der Waals surface area contributed by atoms with Crippen molar-refractivity contribution in [3.05, 3.63) is 11.6 Å². The van der Waals surface area contributed by atoms with E-state index >= 15 is 0 Å². The predicted octanol–water partition coefficient (Wildman–Crippen LogP) is 1.27. The second-order valence-corrected chi connectivity index (χ2v) is 2.67. The summed E-state index contributed by atoms with van der Waals surface area (Å²) in [6.07, 6.45) is 2.31. The Morgan fingerprint density at radius 2 is 2.38 bits per heavy atom. The van der Waals surface area contributed by atoms with E-state index in [0.717, 1.165) is 6.54 Å². The molecule has 0 aliphatic carbocycles. The first kappa shape index (κ1) is 5.83. The highest BCUT2D eigenvalue weighted by Crippen LogP contribution is 2.11. The van der Waals surface area contributed by atoms with Gasteiger partial charge in [0.2, 0.25) is 0 Å². The molecule has 8 heavy (non-hydrogen) atoms. The summed E-state index contributed by atoms with van der Waals surface area (Å²) < 4.78 is 0. The van der Waals surface area contributed by atoms with Gasteiger partial charge in [0.25, 0.3) is 0 Å². The zero-order valence-electron chi connectivity index (χ0n) is 5.81. The van der Waals surface area contributed by atoms with Crippen molar-refractivity contribution >= 4 is 0 Å². The van der Waals surface area contributed by atoms with Crippen LogP contribution in [-0.2, 0) is 0 Å². The molecule has 0 amide bonds. The highest BCUT2D eigenvalue weighted by molar-refractivity contribution is 5.11. The van der Waals surface area contributed by atoms with Crippen molar-refractivity contribution in [3.63, 3.8) is 0 Å². The van der Waals surface area contributed by atoms with Crippen LogP contribution in [0.15, 0.2) is 11.6 Å². The summed E-state index contributed by atoms with van der Waals surface area (Å²) in [6, 6.07) is 0.662. The standard InChI is InChI=1S/C7H13N/c1-6-4-7(2)8(3)5-6/h4,7H,5H2,1-3H3. The van der Waals surface area contributed by atoms with Gasteiger partial charge >= 0.3 is 0 Å². The van der Waals surface area contributed by atoms with Crippen LogP contribution in [0.4, 0.5) is 0 Å². The van der Waals surface area contributed by atoms with Crippen molar-refractivity contribution in [1.29, 1.82) is 0 Å². The third-order valence-electron chi connectivity index (χ3n) is 1.72. The van der Waals surface area contributed by atoms with E-state index in [1.165, 1.54) is 5.57 Å². The highest BCUT2D eigenvalue weighted by atomic mass is 15.1. The van der Waals surface area contributed by atoms with Crippen LogP contribution in [-0.4, -0.2) is 24.5 Å². The van der Waals surface area contributed by atoms with Gasteiger partial charge in [0.05, 0.1) is 0 Å². The van der Waals surface area contributed by atoms with E-state index < -0.39 is 0 Å². The molecule has 0 aromatic rings. The van der Waals surface area contributed by atoms with E-state index in [2.05, 4.69) is 31.9 Å². The number of rotatable bonds is 0. The van der Waals surface area contributed by atoms with E-state index in [0.29, 0.717) is 6.04 Å². The highest BCUT2D eigenvalue weighted by Gasteiger charge is 2.12. The Bertz CT molecular complexity index is 116. The Morgan fingerprint density at radius 3 is 2.50 bits per heavy atom. The van der Waals surface area contributed by atoms with Crippen LogP contribution in [0, 0.1) is 0 Å². The maximum absolute atomic E-state index is 2.33. The average Bonchev–Trinajstić information content (AvgIpc) is 1.85. The fourth-order valence-electron chi connectivity index (χ4n) is 1.13. The molecule has 0 saturated carbocycles. The van der Waals surface area contributed by atoms with Gasteiger partial charge in [-0.05, 0) is 20.9 Å². The Morgan fingerprint density at radius 1 is 1.75 bits per heavy atom. The molecular formula is C7H13N. The quantitative estimate of drug-likeness (QED) is 0.425. The van der Waals surface area contributed by atoms with Crippen molar-refractivity contribution in [2.24, 2.45) is 0 Å². The topological polar surface area (TPSA) is 3.24 Å². The maximum Gasteiger partial charge on any atom is 0.0253 e. The molecule has 0 spiro atoms. The predicted molar refractivity (Wildman–Crippen MR) is 35.8 cm³/mol. The molecule has 0 bridgehead atoms. The Hall–Kier alpha value is -0.300. The molecule has 1 aliphatic rings. The Kier molecular flexibility index (Phi) is 1.39. The van der Waals surface area contributed by atoms with Gasteiger partial charge in [-0.3, -0.25) is 4.90 Å². The van der Waals surface area contributed by atoms with Crippen LogP contribution in [0.5, 0.6) is 0 Å². The summed E-state index contributed by atoms with van der Waals surface area (Å²) in [5.74, 6) is 0. The number of hydrogen-bond donors (Lipinski definition) is 0. The summed E-state index contributed by atoms with van der Waals surface area (Å²) in [5.41, 5.74) is 1.50. The molecule has 0 fully saturated rings. The van der Waals surface area contributed by atoms with Gasteiger partial charge in [0, 0.05) is 12.6 Å². The lowest BCUT2D eigenvalue weighted by molar-refractivity contribution is 0.348. The van der Waals surface area contributed by atoms with E-state index in [1.807, 2.05) is 0 Å². The second kappa shape index (κ2) is 1.90. The van der Waals surface area contributed by atoms with Gasteiger partial charge in [0.1, 0.15) is 0 Å². The van der Waals surface area contributed by atoms with Crippen molar-refractivity contribution < 1.29 is 0 Å². The average molecular weight is 111 g/mol. The van der Waals surface area contributed by atoms with Crippen molar-refractivity contribution in [1.82, 2.24) is 4.90 Å². The fraction of sp³-hybridized carbons (Fsp3) is 0.714. The lowest BCUT2D eigenvalue weighted by Gasteiger charge is -2.12. The summed E-state index contributed by atoms with van der Waals surface area (Å²) >= 11 is 0. The maximum atomic E-state index is 2.33. The minimum atomic E-state index is 0.662. The molecule has 0 radical (unpaired) electrons. The largest absolute Gasteiger partial charge is 0.296 e. The SMILES string of the molecule is CC1=CC(C)N(C)C1.